The zero-order valence-electron chi connectivity index (χ0n) is 9.85. The maximum absolute atomic E-state index is 11.8. The van der Waals surface area contributed by atoms with Gasteiger partial charge in [0.15, 0.2) is 5.82 Å². The molecule has 19 heavy (non-hydrogen) atoms. The van der Waals surface area contributed by atoms with Crippen molar-refractivity contribution in [1.82, 2.24) is 14.8 Å². The van der Waals surface area contributed by atoms with Crippen molar-refractivity contribution in [2.45, 2.75) is 0 Å². The summed E-state index contributed by atoms with van der Waals surface area (Å²) < 4.78 is 13.5. The number of thiophene rings is 1. The van der Waals surface area contributed by atoms with Gasteiger partial charge in [-0.05, 0) is 28.9 Å². The number of rotatable bonds is 1. The van der Waals surface area contributed by atoms with Crippen LogP contribution in [-0.2, 0) is 0 Å². The number of hydrogen-bond acceptors (Lipinski definition) is 3. The van der Waals surface area contributed by atoms with E-state index in [2.05, 4.69) is 10.1 Å². The summed E-state index contributed by atoms with van der Waals surface area (Å²) in [6.45, 7) is 0. The molecule has 4 aromatic rings. The van der Waals surface area contributed by atoms with Crippen molar-refractivity contribution in [2.75, 3.05) is 0 Å². The molecule has 0 N–H and O–H groups in total. The Morgan fingerprint density at radius 1 is 1.00 bits per heavy atom. The number of hydrogen-bond donors (Lipinski definition) is 0. The molecule has 0 amide bonds. The van der Waals surface area contributed by atoms with Crippen molar-refractivity contribution in [3.05, 3.63) is 54.0 Å². The molecule has 0 saturated carbocycles. The van der Waals surface area contributed by atoms with Crippen LogP contribution < -0.4 is 0 Å². The van der Waals surface area contributed by atoms with Gasteiger partial charge < -0.3 is 4.55 Å². The molecule has 1 atom stereocenters. The molecule has 0 bridgehead atoms. The minimum absolute atomic E-state index is 0.608. The first kappa shape index (κ1) is 10.7. The second-order valence-electron chi connectivity index (χ2n) is 4.30. The van der Waals surface area contributed by atoms with Gasteiger partial charge in [0.1, 0.15) is 5.38 Å². The topological polar surface area (TPSA) is 53.8 Å². The van der Waals surface area contributed by atoms with Gasteiger partial charge in [-0.15, -0.1) is 0 Å². The summed E-state index contributed by atoms with van der Waals surface area (Å²) in [6, 6.07) is 13.5. The van der Waals surface area contributed by atoms with E-state index in [0.29, 0.717) is 10.6 Å². The summed E-state index contributed by atoms with van der Waals surface area (Å²) in [4.78, 5) is 5.05. The quantitative estimate of drug-likeness (QED) is 0.497. The van der Waals surface area contributed by atoms with Crippen LogP contribution in [0.4, 0.5) is 0 Å². The zero-order chi connectivity index (χ0) is 12.8. The molecule has 0 aliphatic rings. The molecule has 0 spiro atoms. The van der Waals surface area contributed by atoms with Crippen LogP contribution in [0.1, 0.15) is 0 Å². The molecule has 0 aliphatic carbocycles. The van der Waals surface area contributed by atoms with E-state index < -0.39 is 10.8 Å². The number of aromatic nitrogens is 3. The summed E-state index contributed by atoms with van der Waals surface area (Å²) >= 11 is 0. The van der Waals surface area contributed by atoms with E-state index in [9.17, 15) is 4.55 Å². The van der Waals surface area contributed by atoms with Gasteiger partial charge in [-0.3, -0.25) is 0 Å². The highest BCUT2D eigenvalue weighted by Gasteiger charge is 2.10. The molecule has 0 radical (unpaired) electrons. The van der Waals surface area contributed by atoms with Gasteiger partial charge in [0.2, 0.25) is 0 Å². The van der Waals surface area contributed by atoms with Gasteiger partial charge in [-0.2, -0.15) is 10.1 Å². The molecular weight excluding hydrogens is 258 g/mol. The Morgan fingerprint density at radius 2 is 1.89 bits per heavy atom. The molecule has 3 heterocycles. The Bertz CT molecular complexity index is 861. The largest absolute Gasteiger partial charge is 0.589 e. The molecule has 1 aromatic carbocycles. The summed E-state index contributed by atoms with van der Waals surface area (Å²) in [5, 5.41) is 8.10. The average molecular weight is 267 g/mol. The molecule has 4 nitrogen and oxygen atoms in total. The van der Waals surface area contributed by atoms with E-state index in [1.165, 1.54) is 0 Å². The van der Waals surface area contributed by atoms with Gasteiger partial charge in [-0.1, -0.05) is 18.2 Å². The smallest absolute Gasteiger partial charge is 0.274 e. The maximum atomic E-state index is 11.8. The SMILES string of the molecule is [O-][s+]1ccc2ccc(-n3cc4ccccc4n3)nc21. The van der Waals surface area contributed by atoms with Crippen molar-refractivity contribution in [2.24, 2.45) is 0 Å². The van der Waals surface area contributed by atoms with Crippen molar-refractivity contribution in [3.63, 3.8) is 0 Å². The molecule has 3 aromatic heterocycles. The van der Waals surface area contributed by atoms with Gasteiger partial charge >= 0.3 is 0 Å². The second-order valence-corrected chi connectivity index (χ2v) is 5.55. The highest BCUT2D eigenvalue weighted by atomic mass is 32.2. The summed E-state index contributed by atoms with van der Waals surface area (Å²) in [7, 11) is -1.13. The normalized spacial score (nSPS) is 12.4. The first-order valence-corrected chi connectivity index (χ1v) is 7.07. The van der Waals surface area contributed by atoms with E-state index >= 15 is 0 Å². The average Bonchev–Trinajstić information content (AvgIpc) is 3.02. The van der Waals surface area contributed by atoms with Crippen LogP contribution in [0.2, 0.25) is 0 Å². The summed E-state index contributed by atoms with van der Waals surface area (Å²) in [5.74, 6) is 0.687. The molecule has 1 unspecified atom stereocenters. The third-order valence-electron chi connectivity index (χ3n) is 3.09. The van der Waals surface area contributed by atoms with Crippen LogP contribution in [0.3, 0.4) is 0 Å². The number of benzene rings is 1. The Labute approximate surface area is 111 Å². The Balaban J connectivity index is 1.95. The summed E-state index contributed by atoms with van der Waals surface area (Å²) in [5.41, 5.74) is 0.920. The Morgan fingerprint density at radius 3 is 2.79 bits per heavy atom. The molecule has 4 rings (SSSR count). The van der Waals surface area contributed by atoms with Crippen molar-refractivity contribution in [3.8, 4) is 5.82 Å². The van der Waals surface area contributed by atoms with E-state index in [0.717, 1.165) is 16.3 Å². The van der Waals surface area contributed by atoms with Crippen LogP contribution >= 0.6 is 10.8 Å². The fourth-order valence-electron chi connectivity index (χ4n) is 2.14. The van der Waals surface area contributed by atoms with E-state index in [1.54, 1.807) is 10.1 Å². The lowest BCUT2D eigenvalue weighted by atomic mass is 10.3. The lowest BCUT2D eigenvalue weighted by Gasteiger charge is -1.98. The third kappa shape index (κ3) is 1.63. The predicted octanol–water partition coefficient (Wildman–Crippen LogP) is 3.30. The molecule has 0 aliphatic heterocycles. The Hall–Kier alpha value is -2.24. The minimum atomic E-state index is -1.13. The molecule has 5 heteroatoms. The molecule has 0 fully saturated rings. The lowest BCUT2D eigenvalue weighted by Crippen LogP contribution is -1.97. The highest BCUT2D eigenvalue weighted by Crippen LogP contribution is 2.27. The van der Waals surface area contributed by atoms with Gasteiger partial charge in [-0.25, -0.2) is 4.68 Å². The van der Waals surface area contributed by atoms with Crippen LogP contribution in [0.15, 0.2) is 54.0 Å². The number of pyridine rings is 1. The fourth-order valence-corrected chi connectivity index (χ4v) is 3.09. The first-order valence-electron chi connectivity index (χ1n) is 5.86. The predicted molar refractivity (Wildman–Crippen MR) is 75.0 cm³/mol. The first-order chi connectivity index (χ1) is 9.31. The summed E-state index contributed by atoms with van der Waals surface area (Å²) in [6.07, 6.45) is 1.93. The van der Waals surface area contributed by atoms with Crippen molar-refractivity contribution < 1.29 is 4.55 Å². The fraction of sp³-hybridized carbons (Fsp3) is 0. The number of nitrogens with zero attached hydrogens (tertiary/aromatic N) is 3. The number of fused-ring (bicyclic) bond motifs is 2. The molecule has 92 valence electrons. The van der Waals surface area contributed by atoms with E-state index in [-0.39, 0.29) is 0 Å². The standard InChI is InChI=1S/C14H9N3OS/c18-19-8-7-10-5-6-13(15-14(10)19)17-9-11-3-1-2-4-12(11)16-17/h1-9H. The second kappa shape index (κ2) is 3.88. The van der Waals surface area contributed by atoms with Gasteiger partial charge in [0.25, 0.3) is 4.83 Å². The van der Waals surface area contributed by atoms with Crippen LogP contribution in [0, 0.1) is 0 Å². The lowest BCUT2D eigenvalue weighted by molar-refractivity contribution is 0.599. The van der Waals surface area contributed by atoms with E-state index in [4.69, 9.17) is 0 Å². The highest BCUT2D eigenvalue weighted by molar-refractivity contribution is 7.29. The van der Waals surface area contributed by atoms with Gasteiger partial charge in [0, 0.05) is 17.6 Å². The molecular formula is C14H9N3OS. The molecule has 0 saturated heterocycles. The van der Waals surface area contributed by atoms with Crippen LogP contribution in [0.5, 0.6) is 0 Å². The van der Waals surface area contributed by atoms with Gasteiger partial charge in [0.05, 0.1) is 10.9 Å². The monoisotopic (exact) mass is 267 g/mol. The van der Waals surface area contributed by atoms with E-state index in [1.807, 2.05) is 48.7 Å². The maximum Gasteiger partial charge on any atom is 0.274 e. The van der Waals surface area contributed by atoms with Crippen molar-refractivity contribution in [1.29, 1.82) is 0 Å². The van der Waals surface area contributed by atoms with Crippen LogP contribution in [0.25, 0.3) is 26.9 Å². The van der Waals surface area contributed by atoms with Crippen LogP contribution in [-0.4, -0.2) is 19.3 Å². The Kier molecular flexibility index (Phi) is 2.18. The zero-order valence-corrected chi connectivity index (χ0v) is 10.7. The third-order valence-corrected chi connectivity index (χ3v) is 4.18. The van der Waals surface area contributed by atoms with Crippen molar-refractivity contribution >= 4 is 31.9 Å². The minimum Gasteiger partial charge on any atom is -0.589 e.